The molecule has 15 heavy (non-hydrogen) atoms. The van der Waals surface area contributed by atoms with Crippen LogP contribution in [0.25, 0.3) is 0 Å². The van der Waals surface area contributed by atoms with Crippen LogP contribution in [0.1, 0.15) is 10.6 Å². The van der Waals surface area contributed by atoms with E-state index in [9.17, 15) is 9.59 Å². The van der Waals surface area contributed by atoms with Gasteiger partial charge in [-0.15, -0.1) is 0 Å². The zero-order chi connectivity index (χ0) is 11.3. The third kappa shape index (κ3) is 3.62. The molecule has 2 amide bonds. The summed E-state index contributed by atoms with van der Waals surface area (Å²) in [5, 5.41) is 2.49. The quantitative estimate of drug-likeness (QED) is 0.798. The second-order valence-electron chi connectivity index (χ2n) is 2.52. The van der Waals surface area contributed by atoms with Crippen LogP contribution in [-0.2, 0) is 4.74 Å². The summed E-state index contributed by atoms with van der Waals surface area (Å²) in [7, 11) is 0. The molecular weight excluding hydrogens is 268 g/mol. The van der Waals surface area contributed by atoms with Crippen molar-refractivity contribution >= 4 is 27.9 Å². The summed E-state index contributed by atoms with van der Waals surface area (Å²) in [4.78, 5) is 21.6. The van der Waals surface area contributed by atoms with Gasteiger partial charge >= 0.3 is 6.09 Å². The van der Waals surface area contributed by atoms with Crippen LogP contribution in [0.2, 0.25) is 0 Å². The van der Waals surface area contributed by atoms with Crippen LogP contribution in [0, 0.1) is 0 Å². The molecule has 0 bridgehead atoms. The minimum absolute atomic E-state index is 0.0272. The smallest absolute Gasteiger partial charge is 0.404 e. The highest BCUT2D eigenvalue weighted by atomic mass is 79.9. The molecule has 0 saturated heterocycles. The molecule has 0 spiro atoms. The fraction of sp³-hybridized carbons (Fsp3) is 0.250. The summed E-state index contributed by atoms with van der Waals surface area (Å²) in [6, 6.07) is 1.61. The lowest BCUT2D eigenvalue weighted by Gasteiger charge is -2.03. The Morgan fingerprint density at radius 1 is 1.60 bits per heavy atom. The molecule has 0 unspecified atom stereocenters. The van der Waals surface area contributed by atoms with Crippen LogP contribution in [0.5, 0.6) is 0 Å². The predicted octanol–water partition coefficient (Wildman–Crippen LogP) is 0.867. The van der Waals surface area contributed by atoms with E-state index < -0.39 is 6.09 Å². The predicted molar refractivity (Wildman–Crippen MR) is 54.3 cm³/mol. The summed E-state index contributed by atoms with van der Waals surface area (Å²) in [6.45, 7) is 0.203. The number of hydrogen-bond donors (Lipinski definition) is 2. The first-order valence-corrected chi connectivity index (χ1v) is 4.84. The Kier molecular flexibility index (Phi) is 4.17. The van der Waals surface area contributed by atoms with Gasteiger partial charge < -0.3 is 20.2 Å². The first-order valence-electron chi connectivity index (χ1n) is 4.04. The summed E-state index contributed by atoms with van der Waals surface area (Å²) >= 11 is 3.14. The highest BCUT2D eigenvalue weighted by Gasteiger charge is 2.12. The van der Waals surface area contributed by atoms with E-state index in [2.05, 4.69) is 26.0 Å². The second-order valence-corrected chi connectivity index (χ2v) is 3.38. The molecule has 1 aromatic rings. The van der Waals surface area contributed by atoms with Crippen LogP contribution in [-0.4, -0.2) is 25.2 Å². The molecule has 0 fully saturated rings. The van der Waals surface area contributed by atoms with Crippen LogP contribution in [0.15, 0.2) is 21.2 Å². The van der Waals surface area contributed by atoms with Gasteiger partial charge in [0.1, 0.15) is 6.61 Å². The number of rotatable bonds is 4. The third-order valence-corrected chi connectivity index (χ3v) is 2.08. The Labute approximate surface area is 93.9 Å². The number of nitrogens with two attached hydrogens (primary N) is 1. The Bertz CT molecular complexity index is 363. The first kappa shape index (κ1) is 11.6. The van der Waals surface area contributed by atoms with Gasteiger partial charge in [0, 0.05) is 0 Å². The highest BCUT2D eigenvalue weighted by Crippen LogP contribution is 2.16. The molecule has 82 valence electrons. The Morgan fingerprint density at radius 3 is 2.87 bits per heavy atom. The topological polar surface area (TPSA) is 94.6 Å². The maximum Gasteiger partial charge on any atom is 0.404 e. The average Bonchev–Trinajstić information content (AvgIpc) is 2.58. The van der Waals surface area contributed by atoms with Crippen molar-refractivity contribution in [3.05, 3.63) is 22.6 Å². The number of halogens is 1. The van der Waals surface area contributed by atoms with E-state index in [0.29, 0.717) is 4.47 Å². The number of carbonyl (C=O) groups is 2. The van der Waals surface area contributed by atoms with Crippen molar-refractivity contribution in [3.8, 4) is 0 Å². The van der Waals surface area contributed by atoms with Gasteiger partial charge in [0.15, 0.2) is 0 Å². The van der Waals surface area contributed by atoms with Gasteiger partial charge in [0.25, 0.3) is 5.91 Å². The minimum Gasteiger partial charge on any atom is -0.458 e. The Morgan fingerprint density at radius 2 is 2.33 bits per heavy atom. The highest BCUT2D eigenvalue weighted by molar-refractivity contribution is 9.10. The van der Waals surface area contributed by atoms with Crippen LogP contribution < -0.4 is 11.1 Å². The lowest BCUT2D eigenvalue weighted by atomic mass is 10.4. The normalized spacial score (nSPS) is 9.67. The number of furan rings is 1. The van der Waals surface area contributed by atoms with E-state index in [1.807, 2.05) is 0 Å². The Balaban J connectivity index is 2.31. The van der Waals surface area contributed by atoms with Crippen molar-refractivity contribution in [1.29, 1.82) is 0 Å². The summed E-state index contributed by atoms with van der Waals surface area (Å²) < 4.78 is 9.90. The second kappa shape index (κ2) is 5.40. The molecule has 0 aromatic carbocycles. The lowest BCUT2D eigenvalue weighted by molar-refractivity contribution is 0.0908. The molecule has 0 atom stereocenters. The molecule has 1 rings (SSSR count). The number of carbonyl (C=O) groups excluding carboxylic acids is 2. The van der Waals surface area contributed by atoms with Crippen molar-refractivity contribution < 1.29 is 18.7 Å². The molecule has 1 aromatic heterocycles. The number of nitrogens with one attached hydrogen (secondary N) is 1. The van der Waals surface area contributed by atoms with E-state index >= 15 is 0 Å². The maximum absolute atomic E-state index is 11.4. The molecule has 3 N–H and O–H groups in total. The van der Waals surface area contributed by atoms with Gasteiger partial charge in [-0.1, -0.05) is 0 Å². The van der Waals surface area contributed by atoms with Gasteiger partial charge in [-0.2, -0.15) is 0 Å². The fourth-order valence-electron chi connectivity index (χ4n) is 0.852. The van der Waals surface area contributed by atoms with Gasteiger partial charge in [-0.25, -0.2) is 4.79 Å². The fourth-order valence-corrected chi connectivity index (χ4v) is 1.23. The Hall–Kier alpha value is -1.50. The van der Waals surface area contributed by atoms with E-state index in [1.54, 1.807) is 6.07 Å². The molecule has 6 nitrogen and oxygen atoms in total. The molecule has 0 aliphatic rings. The standard InChI is InChI=1S/C8H9BrN2O4/c9-5-1-3-14-6(5)7(12)11-2-4-15-8(10)13/h1,3H,2,4H2,(H2,10,13)(H,11,12). The number of ether oxygens (including phenoxy) is 1. The number of primary amides is 1. The van der Waals surface area contributed by atoms with Crippen molar-refractivity contribution in [2.75, 3.05) is 13.2 Å². The maximum atomic E-state index is 11.4. The van der Waals surface area contributed by atoms with E-state index in [1.165, 1.54) is 6.26 Å². The van der Waals surface area contributed by atoms with E-state index in [0.717, 1.165) is 0 Å². The van der Waals surface area contributed by atoms with Gasteiger partial charge in [0.05, 0.1) is 17.3 Å². The monoisotopic (exact) mass is 276 g/mol. The largest absolute Gasteiger partial charge is 0.458 e. The molecule has 7 heteroatoms. The zero-order valence-electron chi connectivity index (χ0n) is 7.66. The van der Waals surface area contributed by atoms with Gasteiger partial charge in [0.2, 0.25) is 5.76 Å². The summed E-state index contributed by atoms with van der Waals surface area (Å²) in [5.74, 6) is -0.214. The zero-order valence-corrected chi connectivity index (χ0v) is 9.24. The molecule has 0 aliphatic heterocycles. The molecule has 0 aliphatic carbocycles. The summed E-state index contributed by atoms with van der Waals surface area (Å²) in [6.07, 6.45) is 0.516. The lowest BCUT2D eigenvalue weighted by Crippen LogP contribution is -2.28. The first-order chi connectivity index (χ1) is 7.11. The molecule has 0 saturated carbocycles. The van der Waals surface area contributed by atoms with E-state index in [4.69, 9.17) is 10.2 Å². The van der Waals surface area contributed by atoms with Crippen molar-refractivity contribution in [2.24, 2.45) is 5.73 Å². The van der Waals surface area contributed by atoms with Crippen molar-refractivity contribution in [3.63, 3.8) is 0 Å². The van der Waals surface area contributed by atoms with Crippen LogP contribution >= 0.6 is 15.9 Å². The van der Waals surface area contributed by atoms with E-state index in [-0.39, 0.29) is 24.8 Å². The summed E-state index contributed by atoms with van der Waals surface area (Å²) in [5.41, 5.74) is 4.73. The third-order valence-electron chi connectivity index (χ3n) is 1.46. The SMILES string of the molecule is NC(=O)OCCNC(=O)c1occc1Br. The minimum atomic E-state index is -0.872. The van der Waals surface area contributed by atoms with Gasteiger partial charge in [-0.3, -0.25) is 4.79 Å². The number of hydrogen-bond acceptors (Lipinski definition) is 4. The average molecular weight is 277 g/mol. The van der Waals surface area contributed by atoms with Crippen LogP contribution in [0.3, 0.4) is 0 Å². The van der Waals surface area contributed by atoms with Crippen molar-refractivity contribution in [1.82, 2.24) is 5.32 Å². The van der Waals surface area contributed by atoms with Crippen LogP contribution in [0.4, 0.5) is 4.79 Å². The molecular formula is C8H9BrN2O4. The van der Waals surface area contributed by atoms with Gasteiger partial charge in [-0.05, 0) is 22.0 Å². The van der Waals surface area contributed by atoms with Crippen molar-refractivity contribution in [2.45, 2.75) is 0 Å². The number of amides is 2. The molecule has 1 heterocycles. The molecule has 0 radical (unpaired) electrons.